The third-order valence-corrected chi connectivity index (χ3v) is 2.95. The number of halogens is 2. The first-order valence-corrected chi connectivity index (χ1v) is 6.50. The summed E-state index contributed by atoms with van der Waals surface area (Å²) in [5.41, 5.74) is 0.248. The molecule has 0 atom stereocenters. The molecule has 0 aliphatic carbocycles. The van der Waals surface area contributed by atoms with Crippen LogP contribution in [0.3, 0.4) is 0 Å². The summed E-state index contributed by atoms with van der Waals surface area (Å²) in [6, 6.07) is 3.08. The number of carbonyl (C=O) groups is 2. The van der Waals surface area contributed by atoms with Crippen molar-refractivity contribution in [3.63, 3.8) is 0 Å². The van der Waals surface area contributed by atoms with E-state index in [0.29, 0.717) is 0 Å². The highest BCUT2D eigenvalue weighted by molar-refractivity contribution is 6.37. The van der Waals surface area contributed by atoms with Gasteiger partial charge in [-0.15, -0.1) is 0 Å². The molecule has 1 heterocycles. The van der Waals surface area contributed by atoms with Crippen LogP contribution in [0.25, 0.3) is 0 Å². The number of benzene rings is 1. The maximum atomic E-state index is 13.6. The Hall–Kier alpha value is -2.31. The van der Waals surface area contributed by atoms with E-state index < -0.39 is 17.6 Å². The molecule has 0 saturated heterocycles. The molecule has 5 nitrogen and oxygen atoms in total. The number of carbonyl (C=O) groups excluding carboxylic acids is 2. The zero-order valence-corrected chi connectivity index (χ0v) is 11.4. The normalized spacial score (nSPS) is 14.9. The van der Waals surface area contributed by atoms with Gasteiger partial charge < -0.3 is 4.74 Å². The standard InChI is InChI=1S/C14H14F2N2O3/c1-2-21-14(20)12-5-6-13(19)18(17-12)8-9-3-4-10(15)7-11(9)16/h3-4,7H,2,5-6,8H2,1H3. The van der Waals surface area contributed by atoms with E-state index in [-0.39, 0.29) is 43.2 Å². The summed E-state index contributed by atoms with van der Waals surface area (Å²) in [7, 11) is 0. The fourth-order valence-corrected chi connectivity index (χ4v) is 1.90. The second-order valence-electron chi connectivity index (χ2n) is 4.45. The number of hydrogen-bond donors (Lipinski definition) is 0. The number of nitrogens with zero attached hydrogens (tertiary/aromatic N) is 2. The molecule has 0 spiro atoms. The van der Waals surface area contributed by atoms with Crippen LogP contribution in [0.2, 0.25) is 0 Å². The summed E-state index contributed by atoms with van der Waals surface area (Å²) in [5, 5.41) is 4.91. The van der Waals surface area contributed by atoms with Crippen LogP contribution in [0.1, 0.15) is 25.3 Å². The maximum Gasteiger partial charge on any atom is 0.354 e. The molecule has 0 fully saturated rings. The molecule has 0 bridgehead atoms. The predicted octanol–water partition coefficient (Wildman–Crippen LogP) is 2.01. The van der Waals surface area contributed by atoms with Crippen molar-refractivity contribution in [2.45, 2.75) is 26.3 Å². The van der Waals surface area contributed by atoms with Crippen molar-refractivity contribution in [3.8, 4) is 0 Å². The summed E-state index contributed by atoms with van der Waals surface area (Å²) >= 11 is 0. The Morgan fingerprint density at radius 1 is 1.38 bits per heavy atom. The second kappa shape index (κ2) is 6.43. The summed E-state index contributed by atoms with van der Waals surface area (Å²) < 4.78 is 31.3. The third kappa shape index (κ3) is 3.62. The molecule has 2 rings (SSSR count). The largest absolute Gasteiger partial charge is 0.461 e. The van der Waals surface area contributed by atoms with Crippen LogP contribution in [0, 0.1) is 11.6 Å². The van der Waals surface area contributed by atoms with Crippen LogP contribution < -0.4 is 0 Å². The molecule has 1 aliphatic heterocycles. The van der Waals surface area contributed by atoms with E-state index in [1.807, 2.05) is 0 Å². The first-order chi connectivity index (χ1) is 10.0. The lowest BCUT2D eigenvalue weighted by atomic mass is 10.1. The van der Waals surface area contributed by atoms with E-state index in [1.165, 1.54) is 6.07 Å². The fraction of sp³-hybridized carbons (Fsp3) is 0.357. The molecule has 112 valence electrons. The second-order valence-corrected chi connectivity index (χ2v) is 4.45. The maximum absolute atomic E-state index is 13.6. The zero-order valence-electron chi connectivity index (χ0n) is 11.4. The summed E-state index contributed by atoms with van der Waals surface area (Å²) in [4.78, 5) is 23.4. The van der Waals surface area contributed by atoms with Gasteiger partial charge in [0.15, 0.2) is 0 Å². The molecule has 0 N–H and O–H groups in total. The molecule has 1 aromatic carbocycles. The number of ether oxygens (including phenoxy) is 1. The van der Waals surface area contributed by atoms with Gasteiger partial charge in [0.1, 0.15) is 17.3 Å². The molecule has 1 aromatic rings. The van der Waals surface area contributed by atoms with Crippen molar-refractivity contribution in [2.24, 2.45) is 5.10 Å². The Morgan fingerprint density at radius 2 is 2.14 bits per heavy atom. The lowest BCUT2D eigenvalue weighted by Gasteiger charge is -2.23. The van der Waals surface area contributed by atoms with E-state index in [2.05, 4.69) is 5.10 Å². The van der Waals surface area contributed by atoms with Crippen molar-refractivity contribution in [1.29, 1.82) is 0 Å². The molecule has 21 heavy (non-hydrogen) atoms. The van der Waals surface area contributed by atoms with Crippen LogP contribution in [0.15, 0.2) is 23.3 Å². The van der Waals surface area contributed by atoms with Crippen LogP contribution in [0.5, 0.6) is 0 Å². The SMILES string of the molecule is CCOC(=O)C1=NN(Cc2ccc(F)cc2F)C(=O)CC1. The highest BCUT2D eigenvalue weighted by Crippen LogP contribution is 2.17. The van der Waals surface area contributed by atoms with Gasteiger partial charge in [0, 0.05) is 24.5 Å². The molecule has 0 radical (unpaired) electrons. The Balaban J connectivity index is 2.18. The Bertz CT molecular complexity index is 602. The first-order valence-electron chi connectivity index (χ1n) is 6.50. The Kier molecular flexibility index (Phi) is 4.62. The predicted molar refractivity (Wildman–Crippen MR) is 70.2 cm³/mol. The Morgan fingerprint density at radius 3 is 2.81 bits per heavy atom. The number of hydrazone groups is 1. The van der Waals surface area contributed by atoms with Crippen LogP contribution in [-0.4, -0.2) is 29.2 Å². The van der Waals surface area contributed by atoms with E-state index in [9.17, 15) is 18.4 Å². The zero-order chi connectivity index (χ0) is 15.4. The van der Waals surface area contributed by atoms with E-state index in [0.717, 1.165) is 17.1 Å². The summed E-state index contributed by atoms with van der Waals surface area (Å²) in [6.45, 7) is 1.71. The molecule has 1 aliphatic rings. The summed E-state index contributed by atoms with van der Waals surface area (Å²) in [5.74, 6) is -2.38. The third-order valence-electron chi connectivity index (χ3n) is 2.95. The number of amides is 1. The van der Waals surface area contributed by atoms with Gasteiger partial charge >= 0.3 is 5.97 Å². The molecule has 7 heteroatoms. The van der Waals surface area contributed by atoms with E-state index in [4.69, 9.17) is 4.74 Å². The smallest absolute Gasteiger partial charge is 0.354 e. The van der Waals surface area contributed by atoms with E-state index >= 15 is 0 Å². The van der Waals surface area contributed by atoms with Crippen LogP contribution in [-0.2, 0) is 20.9 Å². The molecule has 0 unspecified atom stereocenters. The number of hydrogen-bond acceptors (Lipinski definition) is 4. The van der Waals surface area contributed by atoms with Crippen molar-refractivity contribution in [2.75, 3.05) is 6.61 Å². The van der Waals surface area contributed by atoms with Crippen molar-refractivity contribution >= 4 is 17.6 Å². The van der Waals surface area contributed by atoms with Gasteiger partial charge in [-0.1, -0.05) is 6.07 Å². The lowest BCUT2D eigenvalue weighted by Crippen LogP contribution is -2.34. The van der Waals surface area contributed by atoms with Crippen LogP contribution >= 0.6 is 0 Å². The van der Waals surface area contributed by atoms with Gasteiger partial charge in [0.2, 0.25) is 5.91 Å². The number of rotatable bonds is 4. The van der Waals surface area contributed by atoms with Gasteiger partial charge in [0.05, 0.1) is 13.2 Å². The van der Waals surface area contributed by atoms with E-state index in [1.54, 1.807) is 6.92 Å². The molecule has 0 saturated carbocycles. The quantitative estimate of drug-likeness (QED) is 0.799. The lowest BCUT2D eigenvalue weighted by molar-refractivity contribution is -0.136. The van der Waals surface area contributed by atoms with Gasteiger partial charge in [-0.2, -0.15) is 5.10 Å². The minimum Gasteiger partial charge on any atom is -0.461 e. The summed E-state index contributed by atoms with van der Waals surface area (Å²) in [6.07, 6.45) is 0.292. The van der Waals surface area contributed by atoms with Crippen molar-refractivity contribution in [1.82, 2.24) is 5.01 Å². The minimum atomic E-state index is -0.763. The molecular weight excluding hydrogens is 282 g/mol. The monoisotopic (exact) mass is 296 g/mol. The topological polar surface area (TPSA) is 59.0 Å². The highest BCUT2D eigenvalue weighted by Gasteiger charge is 2.25. The average molecular weight is 296 g/mol. The fourth-order valence-electron chi connectivity index (χ4n) is 1.90. The van der Waals surface area contributed by atoms with Gasteiger partial charge in [-0.05, 0) is 13.0 Å². The number of esters is 1. The molecule has 1 amide bonds. The van der Waals surface area contributed by atoms with Crippen LogP contribution in [0.4, 0.5) is 8.78 Å². The van der Waals surface area contributed by atoms with Crippen molar-refractivity contribution in [3.05, 3.63) is 35.4 Å². The van der Waals surface area contributed by atoms with Crippen molar-refractivity contribution < 1.29 is 23.1 Å². The molecule has 0 aromatic heterocycles. The minimum absolute atomic E-state index is 0.0977. The van der Waals surface area contributed by atoms with Gasteiger partial charge in [-0.25, -0.2) is 18.6 Å². The van der Waals surface area contributed by atoms with Gasteiger partial charge in [0.25, 0.3) is 0 Å². The molecular formula is C14H14F2N2O3. The Labute approximate surface area is 120 Å². The average Bonchev–Trinajstić information content (AvgIpc) is 2.44. The highest BCUT2D eigenvalue weighted by atomic mass is 19.1. The first kappa shape index (κ1) is 15.1. The van der Waals surface area contributed by atoms with Gasteiger partial charge in [-0.3, -0.25) is 4.79 Å².